The van der Waals surface area contributed by atoms with Gasteiger partial charge in [-0.05, 0) is 30.3 Å². The third-order valence-corrected chi connectivity index (χ3v) is 3.63. The van der Waals surface area contributed by atoms with E-state index < -0.39 is 6.61 Å². The zero-order valence-corrected chi connectivity index (χ0v) is 15.5. The van der Waals surface area contributed by atoms with Crippen LogP contribution < -0.4 is 25.4 Å². The Morgan fingerprint density at radius 3 is 2.54 bits per heavy atom. The average Bonchev–Trinajstić information content (AvgIpc) is 2.69. The number of benzene rings is 2. The topological polar surface area (TPSA) is 84.0 Å². The van der Waals surface area contributed by atoms with Crippen LogP contribution in [-0.2, 0) is 11.3 Å². The van der Waals surface area contributed by atoms with Crippen LogP contribution in [0.25, 0.3) is 0 Å². The number of para-hydroxylation sites is 1. The number of anilines is 1. The van der Waals surface area contributed by atoms with E-state index in [2.05, 4.69) is 25.7 Å². The molecular formula is C19H22F2N4O3. The van der Waals surface area contributed by atoms with E-state index in [4.69, 9.17) is 4.74 Å². The van der Waals surface area contributed by atoms with Crippen molar-refractivity contribution in [2.24, 2.45) is 4.99 Å². The Hall–Kier alpha value is -3.36. The number of nitrogens with one attached hydrogen (secondary N) is 3. The van der Waals surface area contributed by atoms with Gasteiger partial charge in [-0.15, -0.1) is 0 Å². The number of guanidine groups is 1. The molecule has 0 heterocycles. The number of carbonyl (C=O) groups is 1. The number of carbonyl (C=O) groups excluding carboxylic acids is 1. The monoisotopic (exact) mass is 392 g/mol. The van der Waals surface area contributed by atoms with E-state index in [1.165, 1.54) is 26.3 Å². The smallest absolute Gasteiger partial charge is 0.387 e. The Kier molecular flexibility index (Phi) is 8.01. The molecule has 0 aliphatic heterocycles. The lowest BCUT2D eigenvalue weighted by Crippen LogP contribution is -2.41. The van der Waals surface area contributed by atoms with Crippen LogP contribution in [0.3, 0.4) is 0 Å². The van der Waals surface area contributed by atoms with Gasteiger partial charge < -0.3 is 25.4 Å². The maximum Gasteiger partial charge on any atom is 0.387 e. The van der Waals surface area contributed by atoms with Gasteiger partial charge in [-0.25, -0.2) is 0 Å². The standard InChI is InChI=1S/C19H22F2N4O3/c1-22-19(24-12-17(26)25-14-6-4-3-5-7-14)23-11-13-10-15(27-2)8-9-16(13)28-18(20)21/h3-10,18H,11-12H2,1-2H3,(H,25,26)(H2,22,23,24). The van der Waals surface area contributed by atoms with Crippen molar-refractivity contribution in [3.63, 3.8) is 0 Å². The molecule has 150 valence electrons. The first-order valence-electron chi connectivity index (χ1n) is 8.43. The minimum absolute atomic E-state index is 0.0208. The van der Waals surface area contributed by atoms with Gasteiger partial charge in [-0.2, -0.15) is 8.78 Å². The number of hydrogen-bond acceptors (Lipinski definition) is 4. The van der Waals surface area contributed by atoms with Crippen molar-refractivity contribution < 1.29 is 23.0 Å². The van der Waals surface area contributed by atoms with E-state index in [9.17, 15) is 13.6 Å². The first-order chi connectivity index (χ1) is 13.5. The van der Waals surface area contributed by atoms with Crippen molar-refractivity contribution in [1.82, 2.24) is 10.6 Å². The summed E-state index contributed by atoms with van der Waals surface area (Å²) < 4.78 is 34.8. The summed E-state index contributed by atoms with van der Waals surface area (Å²) >= 11 is 0. The molecule has 0 bridgehead atoms. The molecule has 28 heavy (non-hydrogen) atoms. The maximum absolute atomic E-state index is 12.6. The molecule has 0 aromatic heterocycles. The van der Waals surface area contributed by atoms with Gasteiger partial charge >= 0.3 is 6.61 Å². The predicted octanol–water partition coefficient (Wildman–Crippen LogP) is 2.60. The molecule has 2 rings (SSSR count). The molecule has 0 saturated heterocycles. The number of alkyl halides is 2. The van der Waals surface area contributed by atoms with Crippen LogP contribution in [0, 0.1) is 0 Å². The fraction of sp³-hybridized carbons (Fsp3) is 0.263. The normalized spacial score (nSPS) is 11.1. The number of amides is 1. The molecule has 3 N–H and O–H groups in total. The third-order valence-electron chi connectivity index (χ3n) is 3.63. The second-order valence-electron chi connectivity index (χ2n) is 5.55. The molecule has 0 fully saturated rings. The van der Waals surface area contributed by atoms with Crippen molar-refractivity contribution >= 4 is 17.6 Å². The highest BCUT2D eigenvalue weighted by Crippen LogP contribution is 2.25. The van der Waals surface area contributed by atoms with E-state index in [1.54, 1.807) is 18.2 Å². The molecule has 9 heteroatoms. The second-order valence-corrected chi connectivity index (χ2v) is 5.55. The minimum Gasteiger partial charge on any atom is -0.497 e. The Morgan fingerprint density at radius 1 is 1.14 bits per heavy atom. The number of halogens is 2. The minimum atomic E-state index is -2.94. The fourth-order valence-corrected chi connectivity index (χ4v) is 2.32. The van der Waals surface area contributed by atoms with E-state index in [0.717, 1.165) is 0 Å². The lowest BCUT2D eigenvalue weighted by molar-refractivity contribution is -0.115. The van der Waals surface area contributed by atoms with Crippen molar-refractivity contribution in [2.75, 3.05) is 26.0 Å². The molecule has 1 amide bonds. The lowest BCUT2D eigenvalue weighted by Gasteiger charge is -2.15. The Balaban J connectivity index is 1.92. The summed E-state index contributed by atoms with van der Waals surface area (Å²) in [5.41, 5.74) is 1.14. The maximum atomic E-state index is 12.6. The summed E-state index contributed by atoms with van der Waals surface area (Å²) in [4.78, 5) is 16.0. The molecule has 0 aliphatic carbocycles. The van der Waals surface area contributed by atoms with Crippen LogP contribution >= 0.6 is 0 Å². The molecule has 0 atom stereocenters. The molecule has 2 aromatic carbocycles. The molecule has 7 nitrogen and oxygen atoms in total. The summed E-state index contributed by atoms with van der Waals surface area (Å²) in [6.45, 7) is -2.82. The van der Waals surface area contributed by atoms with E-state index in [0.29, 0.717) is 23.0 Å². The highest BCUT2D eigenvalue weighted by atomic mass is 19.3. The van der Waals surface area contributed by atoms with Gasteiger partial charge in [-0.3, -0.25) is 9.79 Å². The van der Waals surface area contributed by atoms with Crippen LogP contribution in [-0.4, -0.2) is 39.2 Å². The highest BCUT2D eigenvalue weighted by Gasteiger charge is 2.12. The molecule has 0 radical (unpaired) electrons. The zero-order chi connectivity index (χ0) is 20.4. The Labute approximate surface area is 161 Å². The number of nitrogens with zero attached hydrogens (tertiary/aromatic N) is 1. The molecule has 2 aromatic rings. The zero-order valence-electron chi connectivity index (χ0n) is 15.5. The van der Waals surface area contributed by atoms with Crippen LogP contribution in [0.2, 0.25) is 0 Å². The van der Waals surface area contributed by atoms with Crippen molar-refractivity contribution in [3.8, 4) is 11.5 Å². The summed E-state index contributed by atoms with van der Waals surface area (Å²) in [7, 11) is 3.01. The van der Waals surface area contributed by atoms with E-state index >= 15 is 0 Å². The van der Waals surface area contributed by atoms with Crippen LogP contribution in [0.5, 0.6) is 11.5 Å². The SMILES string of the molecule is CN=C(NCC(=O)Nc1ccccc1)NCc1cc(OC)ccc1OC(F)F. The first kappa shape index (κ1) is 20.9. The van der Waals surface area contributed by atoms with Crippen molar-refractivity contribution in [2.45, 2.75) is 13.2 Å². The van der Waals surface area contributed by atoms with Crippen LogP contribution in [0.4, 0.5) is 14.5 Å². The number of methoxy groups -OCH3 is 1. The summed E-state index contributed by atoms with van der Waals surface area (Å²) in [6.07, 6.45) is 0. The Morgan fingerprint density at radius 2 is 1.89 bits per heavy atom. The quantitative estimate of drug-likeness (QED) is 0.475. The summed E-state index contributed by atoms with van der Waals surface area (Å²) in [5, 5.41) is 8.54. The predicted molar refractivity (Wildman–Crippen MR) is 103 cm³/mol. The van der Waals surface area contributed by atoms with Gasteiger partial charge in [0.2, 0.25) is 5.91 Å². The van der Waals surface area contributed by atoms with Gasteiger partial charge in [0.05, 0.1) is 13.7 Å². The third kappa shape index (κ3) is 6.75. The van der Waals surface area contributed by atoms with Gasteiger partial charge in [0.25, 0.3) is 0 Å². The fourth-order valence-electron chi connectivity index (χ4n) is 2.32. The number of aliphatic imine (C=N–C) groups is 1. The molecular weight excluding hydrogens is 370 g/mol. The highest BCUT2D eigenvalue weighted by molar-refractivity contribution is 5.94. The van der Waals surface area contributed by atoms with E-state index in [-0.39, 0.29) is 24.7 Å². The number of ether oxygens (including phenoxy) is 2. The van der Waals surface area contributed by atoms with Crippen LogP contribution in [0.15, 0.2) is 53.5 Å². The molecule has 0 saturated carbocycles. The number of rotatable bonds is 8. The first-order valence-corrected chi connectivity index (χ1v) is 8.43. The molecule has 0 spiro atoms. The van der Waals surface area contributed by atoms with Gasteiger partial charge in [0.1, 0.15) is 11.5 Å². The number of hydrogen-bond donors (Lipinski definition) is 3. The van der Waals surface area contributed by atoms with Crippen molar-refractivity contribution in [3.05, 3.63) is 54.1 Å². The molecule has 0 unspecified atom stereocenters. The van der Waals surface area contributed by atoms with Crippen LogP contribution in [0.1, 0.15) is 5.56 Å². The van der Waals surface area contributed by atoms with Gasteiger partial charge in [0.15, 0.2) is 5.96 Å². The second kappa shape index (κ2) is 10.7. The largest absolute Gasteiger partial charge is 0.497 e. The van der Waals surface area contributed by atoms with Gasteiger partial charge in [0, 0.05) is 24.8 Å². The van der Waals surface area contributed by atoms with Crippen molar-refractivity contribution in [1.29, 1.82) is 0 Å². The lowest BCUT2D eigenvalue weighted by atomic mass is 10.2. The van der Waals surface area contributed by atoms with E-state index in [1.807, 2.05) is 18.2 Å². The molecule has 0 aliphatic rings. The summed E-state index contributed by atoms with van der Waals surface area (Å²) in [5.74, 6) is 0.607. The summed E-state index contributed by atoms with van der Waals surface area (Å²) in [6, 6.07) is 13.6. The average molecular weight is 392 g/mol. The Bertz CT molecular complexity index is 801. The van der Waals surface area contributed by atoms with Gasteiger partial charge in [-0.1, -0.05) is 18.2 Å².